The lowest BCUT2D eigenvalue weighted by Gasteiger charge is -2.38. The summed E-state index contributed by atoms with van der Waals surface area (Å²) in [5, 5.41) is 0. The van der Waals surface area contributed by atoms with E-state index in [1.54, 1.807) is 0 Å². The number of aliphatic imine (C=N–C) groups is 2. The second-order valence-electron chi connectivity index (χ2n) is 10.6. The third-order valence-electron chi connectivity index (χ3n) is 8.37. The number of nitrogens with zero attached hydrogens (tertiary/aromatic N) is 2. The first kappa shape index (κ1) is 26.0. The summed E-state index contributed by atoms with van der Waals surface area (Å²) in [6.07, 6.45) is 0. The highest BCUT2D eigenvalue weighted by Gasteiger charge is 2.48. The fourth-order valence-corrected chi connectivity index (χ4v) is 6.60. The number of hydrogen-bond acceptors (Lipinski definition) is 4. The van der Waals surface area contributed by atoms with Crippen LogP contribution in [0.5, 0.6) is 0 Å². The summed E-state index contributed by atoms with van der Waals surface area (Å²) in [6, 6.07) is 51.2. The Kier molecular flexibility index (Phi) is 6.89. The largest absolute Gasteiger partial charge is 0.478 e. The minimum absolute atomic E-state index is 0.569. The van der Waals surface area contributed by atoms with Crippen LogP contribution in [0.2, 0.25) is 0 Å². The van der Waals surface area contributed by atoms with E-state index >= 15 is 0 Å². The Morgan fingerprint density at radius 1 is 0.381 bits per heavy atom. The highest BCUT2D eigenvalue weighted by molar-refractivity contribution is 5.99. The monoisotopic (exact) mass is 548 g/mol. The first-order valence-corrected chi connectivity index (χ1v) is 14.5. The predicted octanol–water partition coefficient (Wildman–Crippen LogP) is 7.21. The topological polar surface area (TPSA) is 43.2 Å². The fraction of sp³-hybridized carbons (Fsp3) is 0.158. The maximum Gasteiger partial charge on any atom is 0.203 e. The first-order valence-electron chi connectivity index (χ1n) is 14.5. The normalized spacial score (nSPS) is 15.0. The van der Waals surface area contributed by atoms with Crippen LogP contribution in [0.25, 0.3) is 0 Å². The van der Waals surface area contributed by atoms with Crippen LogP contribution in [0.4, 0.5) is 0 Å². The van der Waals surface area contributed by atoms with Gasteiger partial charge in [0.1, 0.15) is 24.0 Å². The number of benzene rings is 5. The Labute approximate surface area is 247 Å². The van der Waals surface area contributed by atoms with E-state index in [1.807, 2.05) is 0 Å². The maximum absolute atomic E-state index is 6.38. The molecule has 2 heterocycles. The molecule has 0 radical (unpaired) electrons. The van der Waals surface area contributed by atoms with Gasteiger partial charge in [0.05, 0.1) is 13.1 Å². The number of hydrogen-bond donors (Lipinski definition) is 0. The molecule has 4 nitrogen and oxygen atoms in total. The van der Waals surface area contributed by atoms with Gasteiger partial charge >= 0.3 is 0 Å². The summed E-state index contributed by atoms with van der Waals surface area (Å²) >= 11 is 0. The molecule has 5 aromatic rings. The van der Waals surface area contributed by atoms with Gasteiger partial charge in [-0.2, -0.15) is 0 Å². The number of ether oxygens (including phenoxy) is 2. The van der Waals surface area contributed by atoms with Crippen LogP contribution < -0.4 is 0 Å². The lowest BCUT2D eigenvalue weighted by molar-refractivity contribution is 0.325. The third kappa shape index (κ3) is 4.14. The van der Waals surface area contributed by atoms with Crippen LogP contribution in [0, 0.1) is 0 Å². The van der Waals surface area contributed by atoms with Crippen molar-refractivity contribution >= 4 is 11.8 Å². The molecule has 0 spiro atoms. The summed E-state index contributed by atoms with van der Waals surface area (Å²) in [5.74, 6) is 1.44. The molecule has 2 aliphatic rings. The lowest BCUT2D eigenvalue weighted by Crippen LogP contribution is -2.41. The maximum atomic E-state index is 6.38. The zero-order valence-electron chi connectivity index (χ0n) is 23.4. The van der Waals surface area contributed by atoms with Gasteiger partial charge in [-0.3, -0.25) is 9.98 Å². The number of rotatable bonds is 8. The van der Waals surface area contributed by atoms with Gasteiger partial charge in [0.15, 0.2) is 0 Å². The highest BCUT2D eigenvalue weighted by atomic mass is 16.5. The molecule has 0 aromatic heterocycles. The van der Waals surface area contributed by atoms with E-state index in [-0.39, 0.29) is 0 Å². The Morgan fingerprint density at radius 3 is 0.976 bits per heavy atom. The van der Waals surface area contributed by atoms with Gasteiger partial charge in [-0.15, -0.1) is 0 Å². The summed E-state index contributed by atoms with van der Waals surface area (Å²) in [7, 11) is 0. The smallest absolute Gasteiger partial charge is 0.203 e. The van der Waals surface area contributed by atoms with Crippen molar-refractivity contribution in [2.75, 3.05) is 26.3 Å². The predicted molar refractivity (Wildman–Crippen MR) is 168 cm³/mol. The van der Waals surface area contributed by atoms with Gasteiger partial charge in [-0.1, -0.05) is 146 Å². The van der Waals surface area contributed by atoms with Crippen LogP contribution in [-0.4, -0.2) is 38.1 Å². The van der Waals surface area contributed by atoms with E-state index in [0.717, 1.165) is 45.2 Å². The molecule has 0 N–H and O–H groups in total. The van der Waals surface area contributed by atoms with Gasteiger partial charge < -0.3 is 9.47 Å². The standard InChI is InChI=1S/C38H32N2O2/c1-5-14-29(15-6-1)37(35-39-24-26-41-35,30-16-7-2-8-17-30)33-22-13-23-34(28-33)38(36-40-25-27-42-36,31-18-9-3-10-19-31)32-20-11-4-12-21-32/h1-23,28H,24-27H2. The molecular formula is C38H32N2O2. The van der Waals surface area contributed by atoms with E-state index in [9.17, 15) is 0 Å². The molecule has 206 valence electrons. The Morgan fingerprint density at radius 2 is 0.690 bits per heavy atom. The van der Waals surface area contributed by atoms with Crippen molar-refractivity contribution in [3.63, 3.8) is 0 Å². The Balaban J connectivity index is 1.57. The average molecular weight is 549 g/mol. The first-order chi connectivity index (χ1) is 20.8. The molecule has 7 rings (SSSR count). The van der Waals surface area contributed by atoms with Crippen LogP contribution >= 0.6 is 0 Å². The van der Waals surface area contributed by atoms with E-state index < -0.39 is 10.8 Å². The SMILES string of the molecule is c1ccc(C(C2=NCCO2)(c2ccccc2)c2cccc(C(C3=NCCO3)(c3ccccc3)c3ccccc3)c2)cc1. The highest BCUT2D eigenvalue weighted by Crippen LogP contribution is 2.46. The molecule has 0 bridgehead atoms. The second-order valence-corrected chi connectivity index (χ2v) is 10.6. The van der Waals surface area contributed by atoms with Crippen molar-refractivity contribution in [3.05, 3.63) is 179 Å². The van der Waals surface area contributed by atoms with Gasteiger partial charge in [0.2, 0.25) is 11.8 Å². The third-order valence-corrected chi connectivity index (χ3v) is 8.37. The van der Waals surface area contributed by atoms with Gasteiger partial charge in [-0.05, 0) is 33.4 Å². The molecule has 42 heavy (non-hydrogen) atoms. The molecule has 0 saturated heterocycles. The molecule has 0 saturated carbocycles. The summed E-state index contributed by atoms with van der Waals surface area (Å²) < 4.78 is 12.8. The molecule has 0 aliphatic carbocycles. The van der Waals surface area contributed by atoms with E-state index in [2.05, 4.69) is 146 Å². The van der Waals surface area contributed by atoms with Crippen molar-refractivity contribution in [3.8, 4) is 0 Å². The molecule has 5 aromatic carbocycles. The Hall–Kier alpha value is -4.96. The van der Waals surface area contributed by atoms with Crippen LogP contribution in [0.3, 0.4) is 0 Å². The summed E-state index contributed by atoms with van der Waals surface area (Å²) in [6.45, 7) is 2.41. The molecule has 4 heteroatoms. The van der Waals surface area contributed by atoms with Crippen molar-refractivity contribution in [1.82, 2.24) is 0 Å². The minimum atomic E-state index is -0.744. The molecule has 0 atom stereocenters. The summed E-state index contributed by atoms with van der Waals surface area (Å²) in [5.41, 5.74) is 5.09. The van der Waals surface area contributed by atoms with Crippen molar-refractivity contribution in [1.29, 1.82) is 0 Å². The van der Waals surface area contributed by atoms with Gasteiger partial charge in [-0.25, -0.2) is 0 Å². The molecular weight excluding hydrogens is 516 g/mol. The molecule has 0 unspecified atom stereocenters. The Bertz CT molecular complexity index is 1510. The van der Waals surface area contributed by atoms with Crippen molar-refractivity contribution < 1.29 is 9.47 Å². The van der Waals surface area contributed by atoms with Gasteiger partial charge in [0.25, 0.3) is 0 Å². The second kappa shape index (κ2) is 11.1. The van der Waals surface area contributed by atoms with Crippen LogP contribution in [-0.2, 0) is 20.3 Å². The van der Waals surface area contributed by atoms with E-state index in [4.69, 9.17) is 19.5 Å². The van der Waals surface area contributed by atoms with E-state index in [0.29, 0.717) is 26.3 Å². The van der Waals surface area contributed by atoms with Crippen molar-refractivity contribution in [2.45, 2.75) is 10.8 Å². The quantitative estimate of drug-likeness (QED) is 0.192. The van der Waals surface area contributed by atoms with Crippen LogP contribution in [0.15, 0.2) is 156 Å². The van der Waals surface area contributed by atoms with Crippen LogP contribution in [0.1, 0.15) is 33.4 Å². The summed E-state index contributed by atoms with van der Waals surface area (Å²) in [4.78, 5) is 9.94. The minimum Gasteiger partial charge on any atom is -0.478 e. The zero-order chi connectivity index (χ0) is 28.2. The molecule has 0 amide bonds. The van der Waals surface area contributed by atoms with E-state index in [1.165, 1.54) is 0 Å². The average Bonchev–Trinajstić information content (AvgIpc) is 3.81. The zero-order valence-corrected chi connectivity index (χ0v) is 23.4. The fourth-order valence-electron chi connectivity index (χ4n) is 6.60. The molecule has 2 aliphatic heterocycles. The molecule has 0 fully saturated rings. The van der Waals surface area contributed by atoms with Crippen molar-refractivity contribution in [2.24, 2.45) is 9.98 Å². The lowest BCUT2D eigenvalue weighted by atomic mass is 9.65. The van der Waals surface area contributed by atoms with Gasteiger partial charge in [0, 0.05) is 0 Å².